The molecule has 36 atom stereocenters. The van der Waals surface area contributed by atoms with Gasteiger partial charge < -0.3 is 195 Å². The minimum absolute atomic E-state index is 0.896. The molecular weight excluding hydrogens is 1290 g/mol. The Hall–Kier alpha value is -3.52. The number of carbonyl (C=O) groups is 4. The van der Waals surface area contributed by atoms with Crippen molar-refractivity contribution in [2.75, 3.05) is 52.9 Å². The predicted molar refractivity (Wildman–Crippen MR) is 285 cm³/mol. The van der Waals surface area contributed by atoms with Crippen LogP contribution < -0.4 is 16.0 Å². The van der Waals surface area contributed by atoms with Crippen LogP contribution >= 0.6 is 0 Å². The number of carboxylic acid groups (broad SMARTS) is 1. The molecule has 0 aliphatic carbocycles. The number of aliphatic hydroxyl groups excluding tert-OH is 22. The fourth-order valence-corrected chi connectivity index (χ4v) is 11.9. The van der Waals surface area contributed by atoms with E-state index in [-0.39, 0.29) is 0 Å². The van der Waals surface area contributed by atoms with E-state index in [2.05, 4.69) is 16.0 Å². The molecule has 0 saturated carbocycles. The summed E-state index contributed by atoms with van der Waals surface area (Å²) in [6, 6.07) is -6.02. The topological polar surface area (TPSA) is 690 Å². The van der Waals surface area contributed by atoms with Gasteiger partial charge >= 0.3 is 5.97 Å². The van der Waals surface area contributed by atoms with Crippen molar-refractivity contribution in [3.8, 4) is 0 Å². The largest absolute Gasteiger partial charge is 0.477 e. The van der Waals surface area contributed by atoms with Gasteiger partial charge in [-0.05, 0) is 0 Å². The highest BCUT2D eigenvalue weighted by molar-refractivity contribution is 5.78. The number of amides is 3. The number of aliphatic hydroxyl groups is 22. The Kier molecular flexibility index (Phi) is 27.8. The molecule has 7 saturated heterocycles. The first-order valence-corrected chi connectivity index (χ1v) is 29.4. The molecule has 7 heterocycles. The van der Waals surface area contributed by atoms with Crippen LogP contribution in [0, 0.1) is 0 Å². The van der Waals surface area contributed by atoms with Gasteiger partial charge in [0.25, 0.3) is 5.79 Å². The van der Waals surface area contributed by atoms with Crippen LogP contribution in [0.2, 0.25) is 0 Å². The summed E-state index contributed by atoms with van der Waals surface area (Å²) in [5.41, 5.74) is 0. The van der Waals surface area contributed by atoms with E-state index < -0.39 is 303 Å². The summed E-state index contributed by atoms with van der Waals surface area (Å²) in [6.45, 7) is -7.62. The van der Waals surface area contributed by atoms with Crippen LogP contribution in [0.1, 0.15) is 20.3 Å². The lowest BCUT2D eigenvalue weighted by atomic mass is 9.88. The highest BCUT2D eigenvalue weighted by Gasteiger charge is 2.63. The highest BCUT2D eigenvalue weighted by Crippen LogP contribution is 2.42. The number of rotatable bonds is 26. The van der Waals surface area contributed by atoms with Gasteiger partial charge in [-0.3, -0.25) is 14.4 Å². The summed E-state index contributed by atoms with van der Waals surface area (Å²) in [4.78, 5) is 52.5. The maximum absolute atomic E-state index is 13.8. The molecule has 0 unspecified atom stereocenters. The second kappa shape index (κ2) is 33.6. The van der Waals surface area contributed by atoms with Crippen LogP contribution in [0.5, 0.6) is 0 Å². The summed E-state index contributed by atoms with van der Waals surface area (Å²) in [7, 11) is 0. The Morgan fingerprint density at radius 1 is 0.436 bits per heavy atom. The number of aliphatic carboxylic acids is 1. The second-order valence-corrected chi connectivity index (χ2v) is 23.2. The summed E-state index contributed by atoms with van der Waals surface area (Å²) < 4.78 is 75.9. The highest BCUT2D eigenvalue weighted by atomic mass is 16.8. The molecule has 0 bridgehead atoms. The molecular formula is C51H85N3O40. The molecule has 7 aliphatic rings. The first kappa shape index (κ1) is 77.8. The van der Waals surface area contributed by atoms with Gasteiger partial charge in [-0.25, -0.2) is 4.79 Å². The van der Waals surface area contributed by atoms with Gasteiger partial charge in [-0.1, -0.05) is 0 Å². The molecule has 0 radical (unpaired) electrons. The molecule has 7 fully saturated rings. The summed E-state index contributed by atoms with van der Waals surface area (Å²) in [5, 5.41) is 256. The maximum atomic E-state index is 13.8. The third-order valence-corrected chi connectivity index (χ3v) is 16.8. The van der Waals surface area contributed by atoms with E-state index >= 15 is 0 Å². The van der Waals surface area contributed by atoms with E-state index in [9.17, 15) is 137 Å². The van der Waals surface area contributed by atoms with Gasteiger partial charge in [0.05, 0.1) is 58.4 Å². The number of hydrogen-bond acceptors (Lipinski definition) is 39. The molecule has 43 nitrogen and oxygen atoms in total. The molecule has 26 N–H and O–H groups in total. The lowest BCUT2D eigenvalue weighted by molar-refractivity contribution is -0.402. The fraction of sp³-hybridized carbons (Fsp3) is 0.922. The number of hydrogen-bond donors (Lipinski definition) is 26. The molecule has 0 aromatic heterocycles. The zero-order valence-electron chi connectivity index (χ0n) is 49.8. The van der Waals surface area contributed by atoms with Crippen LogP contribution in [-0.4, -0.2) is 414 Å². The second-order valence-electron chi connectivity index (χ2n) is 23.2. The van der Waals surface area contributed by atoms with E-state index in [0.717, 1.165) is 13.8 Å². The van der Waals surface area contributed by atoms with Crippen LogP contribution in [-0.2, 0) is 80.8 Å². The van der Waals surface area contributed by atoms with Crippen LogP contribution in [0.4, 0.5) is 0 Å². The first-order valence-electron chi connectivity index (χ1n) is 29.4. The molecule has 7 rings (SSSR count). The quantitative estimate of drug-likeness (QED) is 0.0382. The SMILES string of the molecule is CC(=O)N[C@H]1[C@H](O[C@@H]2[C@H](O[C@]3(C(=O)O)C[C@H](O)[C@@H](NC(=O)CO)[C@H]([C@H](O)[C@H](O)CO)O3)[C@@H](O)[C@H](O[C@H]3[C@@H](O)[C@@H](CO)O[C@@H](O[C@@H]4[C@H](O)[C@@H](O)[C@H](O[C@H]5[C@H](O)[C@@H](O)[C@H](O)O[C@@H]5CO)O[C@@H]4CO)[C@@H]3NC(C)=O)O[C@@H]2CO)O[C@H](CO)[C@H](O)[C@@H]1O[C@@H]1O[C@H](CO)[C@H](O)[C@H](O)[C@H]1O. The van der Waals surface area contributed by atoms with Gasteiger partial charge in [-0.2, -0.15) is 0 Å². The minimum atomic E-state index is -3.55. The molecule has 7 aliphatic heterocycles. The normalized spacial score (nSPS) is 46.8. The van der Waals surface area contributed by atoms with Gasteiger partial charge in [0.1, 0.15) is 171 Å². The number of ether oxygens (including phenoxy) is 13. The zero-order chi connectivity index (χ0) is 69.7. The molecule has 544 valence electrons. The molecule has 3 amide bonds. The maximum Gasteiger partial charge on any atom is 0.364 e. The Balaban J connectivity index is 1.28. The summed E-state index contributed by atoms with van der Waals surface area (Å²) in [5.74, 6) is -9.13. The fourth-order valence-electron chi connectivity index (χ4n) is 11.9. The van der Waals surface area contributed by atoms with E-state index in [4.69, 9.17) is 61.6 Å². The number of carboxylic acids is 1. The van der Waals surface area contributed by atoms with E-state index in [1.54, 1.807) is 0 Å². The predicted octanol–water partition coefficient (Wildman–Crippen LogP) is -17.7. The third-order valence-electron chi connectivity index (χ3n) is 16.8. The molecule has 0 aromatic carbocycles. The lowest BCUT2D eigenvalue weighted by Gasteiger charge is -2.53. The van der Waals surface area contributed by atoms with Crippen molar-refractivity contribution in [2.24, 2.45) is 0 Å². The van der Waals surface area contributed by atoms with Crippen LogP contribution in [0.25, 0.3) is 0 Å². The standard InChI is InChI=1S/C51H85N3O40/c1-12(63)52-24-41(29(71)17(6-57)83-45(24)88-38-20(9-60)86-48(35(77)32(38)74)89-37-19(8-59)82-44(79)33(75)31(37)73)92-49-36(78)43(94-51(50(80)81)3-14(65)23(54-22(67)11-62)42(93-51)26(68)15(66)4-55)39(21(10-61)87-49)90-46-25(53-13(2)64)40(28(70)18(7-58)84-46)91-47-34(76)30(72)27(69)16(5-56)85-47/h14-21,23-49,55-62,65-66,68-79H,3-11H2,1-2H3,(H,52,63)(H,53,64)(H,54,67)(H,80,81)/t14-,15+,16+,17+,18+,19+,20+,21+,23+,24+,25+,26+,27-,28-,29-,30-,31+,32+,33+,34+,35+,36+,37+,38-,39-,40+,41+,42+,43+,44+,45-,46-,47-,48-,49-,51-/m0/s1. The lowest BCUT2D eigenvalue weighted by Crippen LogP contribution is -2.73. The van der Waals surface area contributed by atoms with Gasteiger partial charge in [0.15, 0.2) is 37.7 Å². The van der Waals surface area contributed by atoms with Crippen LogP contribution in [0.15, 0.2) is 0 Å². The summed E-state index contributed by atoms with van der Waals surface area (Å²) >= 11 is 0. The summed E-state index contributed by atoms with van der Waals surface area (Å²) in [6.07, 6.45) is -70.3. The van der Waals surface area contributed by atoms with Gasteiger partial charge in [-0.15, -0.1) is 0 Å². The van der Waals surface area contributed by atoms with Crippen LogP contribution in [0.3, 0.4) is 0 Å². The van der Waals surface area contributed by atoms with Crippen molar-refractivity contribution in [3.05, 3.63) is 0 Å². The van der Waals surface area contributed by atoms with Gasteiger partial charge in [0.2, 0.25) is 17.7 Å². The minimum Gasteiger partial charge on any atom is -0.477 e. The molecule has 0 aromatic rings. The first-order chi connectivity index (χ1) is 44.4. The average Bonchev–Trinajstić information content (AvgIpc) is 0.741. The van der Waals surface area contributed by atoms with Crippen molar-refractivity contribution >= 4 is 23.7 Å². The van der Waals surface area contributed by atoms with E-state index in [1.807, 2.05) is 0 Å². The zero-order valence-corrected chi connectivity index (χ0v) is 49.8. The van der Waals surface area contributed by atoms with E-state index in [1.165, 1.54) is 0 Å². The van der Waals surface area contributed by atoms with Crippen molar-refractivity contribution in [3.63, 3.8) is 0 Å². The smallest absolute Gasteiger partial charge is 0.364 e. The third kappa shape index (κ3) is 16.7. The van der Waals surface area contributed by atoms with Crippen molar-refractivity contribution in [1.82, 2.24) is 16.0 Å². The Bertz CT molecular complexity index is 2430. The number of nitrogens with one attached hydrogen (secondary N) is 3. The molecule has 43 heteroatoms. The Morgan fingerprint density at radius 3 is 1.29 bits per heavy atom. The van der Waals surface area contributed by atoms with Gasteiger partial charge in [0, 0.05) is 20.3 Å². The van der Waals surface area contributed by atoms with E-state index in [0.29, 0.717) is 0 Å². The Labute approximate surface area is 530 Å². The average molecular weight is 1380 g/mol. The number of carbonyl (C=O) groups excluding carboxylic acids is 3. The van der Waals surface area contributed by atoms with Crippen molar-refractivity contribution in [2.45, 2.75) is 241 Å². The monoisotopic (exact) mass is 1380 g/mol. The molecule has 94 heavy (non-hydrogen) atoms. The Morgan fingerprint density at radius 2 is 0.830 bits per heavy atom. The molecule has 0 spiro atoms. The van der Waals surface area contributed by atoms with Crippen molar-refractivity contribution < 1.29 is 198 Å². The van der Waals surface area contributed by atoms with Crippen molar-refractivity contribution in [1.29, 1.82) is 0 Å².